The lowest BCUT2D eigenvalue weighted by Gasteiger charge is -2.36. The molecule has 0 radical (unpaired) electrons. The number of aromatic nitrogens is 4. The van der Waals surface area contributed by atoms with E-state index in [0.717, 1.165) is 74.8 Å². The molecular formula is C26H31N5O4S. The Kier molecular flexibility index (Phi) is 6.03. The minimum Gasteiger partial charge on any atom is -0.473 e. The number of nitrogens with zero attached hydrogens (tertiary/aromatic N) is 5. The van der Waals surface area contributed by atoms with E-state index in [9.17, 15) is 9.59 Å². The van der Waals surface area contributed by atoms with Crippen LogP contribution in [0.2, 0.25) is 0 Å². The zero-order chi connectivity index (χ0) is 24.9. The van der Waals surface area contributed by atoms with Crippen molar-refractivity contribution >= 4 is 17.1 Å². The molecule has 190 valence electrons. The lowest BCUT2D eigenvalue weighted by Crippen LogP contribution is -2.41. The van der Waals surface area contributed by atoms with Crippen LogP contribution in [0, 0.1) is 0 Å². The minimum atomic E-state index is -0.570. The van der Waals surface area contributed by atoms with Crippen LogP contribution < -0.4 is 9.61 Å². The minimum absolute atomic E-state index is 0.0818. The van der Waals surface area contributed by atoms with Crippen molar-refractivity contribution in [3.05, 3.63) is 38.6 Å². The van der Waals surface area contributed by atoms with E-state index in [-0.39, 0.29) is 16.8 Å². The van der Waals surface area contributed by atoms with E-state index >= 15 is 0 Å². The van der Waals surface area contributed by atoms with E-state index in [1.807, 2.05) is 0 Å². The van der Waals surface area contributed by atoms with Gasteiger partial charge in [-0.15, -0.1) is 0 Å². The highest BCUT2D eigenvalue weighted by Crippen LogP contribution is 2.47. The Morgan fingerprint density at radius 2 is 2.03 bits per heavy atom. The van der Waals surface area contributed by atoms with Gasteiger partial charge in [0.05, 0.1) is 5.41 Å². The maximum Gasteiger partial charge on any atom is 0.312 e. The summed E-state index contributed by atoms with van der Waals surface area (Å²) < 4.78 is 13.7. The second-order valence-electron chi connectivity index (χ2n) is 10.3. The number of carbonyl (C=O) groups excluding carboxylic acids is 1. The summed E-state index contributed by atoms with van der Waals surface area (Å²) in [6, 6.07) is 2.01. The standard InChI is InChI=1S/C26H31N5O4S/c1-16(18-8-6-12-30(18)2)34-21-15-20(31-13-14-36-25(31)33)27-24(28-21)22-17-7-5-11-26(23(17)35-29-22)10-4-3-9-19(26)32/h13-16,18H,3-12H2,1-2H3/t16-,18-,26+/m0/s1. The van der Waals surface area contributed by atoms with Crippen LogP contribution in [-0.2, 0) is 16.6 Å². The molecule has 0 amide bonds. The number of thiazole rings is 1. The number of carbonyl (C=O) groups is 1. The molecule has 4 heterocycles. The summed E-state index contributed by atoms with van der Waals surface area (Å²) in [7, 11) is 2.11. The number of hydrogen-bond acceptors (Lipinski definition) is 9. The number of rotatable bonds is 5. The number of ketones is 1. The maximum absolute atomic E-state index is 13.1. The van der Waals surface area contributed by atoms with Gasteiger partial charge in [-0.2, -0.15) is 4.98 Å². The molecule has 0 aromatic carbocycles. The highest BCUT2D eigenvalue weighted by atomic mass is 32.1. The third-order valence-corrected chi connectivity index (χ3v) is 8.85. The zero-order valence-corrected chi connectivity index (χ0v) is 21.6. The van der Waals surface area contributed by atoms with Crippen LogP contribution in [0.25, 0.3) is 17.3 Å². The van der Waals surface area contributed by atoms with Gasteiger partial charge in [0.15, 0.2) is 17.3 Å². The molecular weight excluding hydrogens is 478 g/mol. The highest BCUT2D eigenvalue weighted by Gasteiger charge is 2.48. The summed E-state index contributed by atoms with van der Waals surface area (Å²) in [4.78, 5) is 37.2. The van der Waals surface area contributed by atoms with Crippen LogP contribution in [0.3, 0.4) is 0 Å². The molecule has 2 fully saturated rings. The first-order valence-corrected chi connectivity index (χ1v) is 13.8. The number of hydrogen-bond donors (Lipinski definition) is 0. The molecule has 3 aromatic rings. The van der Waals surface area contributed by atoms with Crippen molar-refractivity contribution in [1.82, 2.24) is 24.6 Å². The summed E-state index contributed by atoms with van der Waals surface area (Å²) in [5.74, 6) is 2.15. The van der Waals surface area contributed by atoms with Crippen molar-refractivity contribution in [2.24, 2.45) is 0 Å². The number of Topliss-reactive ketones (excluding diaryl/α,β-unsaturated/α-hetero) is 1. The van der Waals surface area contributed by atoms with E-state index in [2.05, 4.69) is 24.0 Å². The molecule has 1 aliphatic heterocycles. The van der Waals surface area contributed by atoms with Crippen LogP contribution in [0.15, 0.2) is 27.0 Å². The SMILES string of the molecule is C[C@H](Oc1cc(-n2ccsc2=O)nc(-c2noc3c2CCC[C@@]32CCCCC2=O)n1)[C@@H]1CCCN1C. The Hall–Kier alpha value is -2.85. The molecule has 1 saturated carbocycles. The van der Waals surface area contributed by atoms with Crippen LogP contribution >= 0.6 is 11.3 Å². The van der Waals surface area contributed by atoms with Gasteiger partial charge in [-0.3, -0.25) is 19.1 Å². The molecule has 3 aromatic heterocycles. The molecule has 1 saturated heterocycles. The molecule has 10 heteroatoms. The summed E-state index contributed by atoms with van der Waals surface area (Å²) in [5, 5.41) is 6.14. The van der Waals surface area contributed by atoms with Gasteiger partial charge in [-0.25, -0.2) is 4.98 Å². The number of likely N-dealkylation sites (N-methyl/N-ethyl adjacent to an activating group) is 1. The second kappa shape index (κ2) is 9.23. The Labute approximate surface area is 213 Å². The largest absolute Gasteiger partial charge is 0.473 e. The van der Waals surface area contributed by atoms with E-state index in [1.165, 1.54) is 4.57 Å². The van der Waals surface area contributed by atoms with Crippen molar-refractivity contribution in [2.75, 3.05) is 13.6 Å². The van der Waals surface area contributed by atoms with Gasteiger partial charge in [0, 0.05) is 35.7 Å². The van der Waals surface area contributed by atoms with Crippen LogP contribution in [0.5, 0.6) is 5.88 Å². The summed E-state index contributed by atoms with van der Waals surface area (Å²) in [6.45, 7) is 3.11. The third-order valence-electron chi connectivity index (χ3n) is 8.19. The third kappa shape index (κ3) is 3.91. The first-order chi connectivity index (χ1) is 17.5. The summed E-state index contributed by atoms with van der Waals surface area (Å²) in [6.07, 6.45) is 9.63. The first-order valence-electron chi connectivity index (χ1n) is 12.9. The van der Waals surface area contributed by atoms with Crippen LogP contribution in [-0.4, -0.2) is 56.1 Å². The fraction of sp³-hybridized carbons (Fsp3) is 0.577. The van der Waals surface area contributed by atoms with Crippen LogP contribution in [0.4, 0.5) is 0 Å². The van der Waals surface area contributed by atoms with Gasteiger partial charge < -0.3 is 9.26 Å². The predicted molar refractivity (Wildman–Crippen MR) is 135 cm³/mol. The molecule has 0 N–H and O–H groups in total. The van der Waals surface area contributed by atoms with Gasteiger partial charge in [0.2, 0.25) is 5.88 Å². The Morgan fingerprint density at radius 1 is 1.17 bits per heavy atom. The lowest BCUT2D eigenvalue weighted by atomic mass is 9.64. The van der Waals surface area contributed by atoms with Gasteiger partial charge in [-0.05, 0) is 65.5 Å². The molecule has 36 heavy (non-hydrogen) atoms. The van der Waals surface area contributed by atoms with E-state index < -0.39 is 5.41 Å². The number of likely N-dealkylation sites (tertiary alicyclic amines) is 1. The smallest absolute Gasteiger partial charge is 0.312 e. The normalized spacial score (nSPS) is 25.3. The number of ether oxygens (including phenoxy) is 1. The topological polar surface area (TPSA) is 103 Å². The molecule has 9 nitrogen and oxygen atoms in total. The van der Waals surface area contributed by atoms with Gasteiger partial charge in [0.25, 0.3) is 0 Å². The zero-order valence-electron chi connectivity index (χ0n) is 20.7. The second-order valence-corrected chi connectivity index (χ2v) is 11.2. The number of fused-ring (bicyclic) bond motifs is 2. The molecule has 0 bridgehead atoms. The van der Waals surface area contributed by atoms with Gasteiger partial charge >= 0.3 is 4.87 Å². The van der Waals surface area contributed by atoms with Crippen molar-refractivity contribution in [3.8, 4) is 23.2 Å². The molecule has 2 aliphatic carbocycles. The lowest BCUT2D eigenvalue weighted by molar-refractivity contribution is -0.128. The Bertz CT molecular complexity index is 1350. The molecule has 3 aliphatic rings. The van der Waals surface area contributed by atoms with Crippen LogP contribution in [0.1, 0.15) is 69.6 Å². The Balaban J connectivity index is 1.42. The fourth-order valence-corrected chi connectivity index (χ4v) is 6.87. The maximum atomic E-state index is 13.1. The van der Waals surface area contributed by atoms with E-state index in [0.29, 0.717) is 41.4 Å². The predicted octanol–water partition coefficient (Wildman–Crippen LogP) is 3.92. The average molecular weight is 510 g/mol. The van der Waals surface area contributed by atoms with Crippen molar-refractivity contribution < 1.29 is 14.1 Å². The van der Waals surface area contributed by atoms with E-state index in [4.69, 9.17) is 19.2 Å². The molecule has 6 rings (SSSR count). The molecule has 0 unspecified atom stereocenters. The quantitative estimate of drug-likeness (QED) is 0.510. The van der Waals surface area contributed by atoms with E-state index in [1.54, 1.807) is 17.6 Å². The average Bonchev–Trinajstić information content (AvgIpc) is 3.61. The van der Waals surface area contributed by atoms with Gasteiger partial charge in [0.1, 0.15) is 17.7 Å². The van der Waals surface area contributed by atoms with Crippen molar-refractivity contribution in [3.63, 3.8) is 0 Å². The molecule has 1 spiro atoms. The Morgan fingerprint density at radius 3 is 2.78 bits per heavy atom. The molecule has 3 atom stereocenters. The fourth-order valence-electron chi connectivity index (χ4n) is 6.31. The first kappa shape index (κ1) is 23.5. The van der Waals surface area contributed by atoms with Gasteiger partial charge in [-0.1, -0.05) is 22.9 Å². The van der Waals surface area contributed by atoms with Crippen molar-refractivity contribution in [2.45, 2.75) is 82.3 Å². The highest BCUT2D eigenvalue weighted by molar-refractivity contribution is 7.07. The van der Waals surface area contributed by atoms with Crippen molar-refractivity contribution in [1.29, 1.82) is 0 Å². The monoisotopic (exact) mass is 509 g/mol. The summed E-state index contributed by atoms with van der Waals surface area (Å²) in [5.41, 5.74) is 0.892. The summed E-state index contributed by atoms with van der Waals surface area (Å²) >= 11 is 1.11.